The number of phenols is 1. The predicted octanol–water partition coefficient (Wildman–Crippen LogP) is 2.90. The smallest absolute Gasteiger partial charge is 0.123 e. The van der Waals surface area contributed by atoms with Gasteiger partial charge in [0.25, 0.3) is 0 Å². The topological polar surface area (TPSA) is 32.3 Å². The Hall–Kier alpha value is -1.87. The zero-order chi connectivity index (χ0) is 13.7. The van der Waals surface area contributed by atoms with Gasteiger partial charge < -0.3 is 10.4 Å². The summed E-state index contributed by atoms with van der Waals surface area (Å²) in [4.78, 5) is 0. The number of benzene rings is 2. The molecule has 0 heterocycles. The Morgan fingerprint density at radius 1 is 1.05 bits per heavy atom. The molecule has 2 aromatic rings. The van der Waals surface area contributed by atoms with Gasteiger partial charge >= 0.3 is 0 Å². The zero-order valence-corrected chi connectivity index (χ0v) is 10.9. The van der Waals surface area contributed by atoms with E-state index in [0.29, 0.717) is 0 Å². The molecule has 19 heavy (non-hydrogen) atoms. The first-order valence-electron chi connectivity index (χ1n) is 6.37. The van der Waals surface area contributed by atoms with Crippen LogP contribution in [0.25, 0.3) is 0 Å². The van der Waals surface area contributed by atoms with E-state index in [4.69, 9.17) is 0 Å². The summed E-state index contributed by atoms with van der Waals surface area (Å²) in [6.45, 7) is 0. The maximum atomic E-state index is 13.1. The number of halogens is 1. The molecule has 0 amide bonds. The van der Waals surface area contributed by atoms with Crippen molar-refractivity contribution >= 4 is 0 Å². The van der Waals surface area contributed by atoms with Crippen LogP contribution in [0.2, 0.25) is 0 Å². The fraction of sp³-hybridized carbons (Fsp3) is 0.250. The summed E-state index contributed by atoms with van der Waals surface area (Å²) in [6, 6.07) is 14.1. The summed E-state index contributed by atoms with van der Waals surface area (Å²) < 4.78 is 13.1. The van der Waals surface area contributed by atoms with Gasteiger partial charge in [0.05, 0.1) is 0 Å². The average molecular weight is 259 g/mol. The Bertz CT molecular complexity index is 494. The van der Waals surface area contributed by atoms with Crippen LogP contribution in [0, 0.1) is 5.82 Å². The average Bonchev–Trinajstić information content (AvgIpc) is 2.38. The number of phenolic OH excluding ortho intramolecular Hbond substituents is 1. The van der Waals surface area contributed by atoms with Crippen molar-refractivity contribution in [1.29, 1.82) is 0 Å². The Morgan fingerprint density at radius 3 is 2.26 bits per heavy atom. The molecule has 3 heteroatoms. The lowest BCUT2D eigenvalue weighted by Gasteiger charge is -2.16. The summed E-state index contributed by atoms with van der Waals surface area (Å²) in [5.74, 6) is 0.0721. The molecule has 0 aliphatic rings. The van der Waals surface area contributed by atoms with Crippen molar-refractivity contribution in [2.45, 2.75) is 18.9 Å². The first-order chi connectivity index (χ1) is 9.17. The monoisotopic (exact) mass is 259 g/mol. The minimum Gasteiger partial charge on any atom is -0.508 e. The number of hydrogen-bond donors (Lipinski definition) is 2. The van der Waals surface area contributed by atoms with Gasteiger partial charge in [-0.05, 0) is 55.3 Å². The molecule has 2 N–H and O–H groups in total. The SMILES string of the molecule is CNC(Cc1cccc(O)c1)Cc1cccc(F)c1. The lowest BCUT2D eigenvalue weighted by molar-refractivity contribution is 0.473. The molecular formula is C16H18FNO. The van der Waals surface area contributed by atoms with E-state index < -0.39 is 0 Å². The molecule has 0 radical (unpaired) electrons. The van der Waals surface area contributed by atoms with Crippen molar-refractivity contribution < 1.29 is 9.50 Å². The molecule has 0 saturated carbocycles. The molecule has 100 valence electrons. The van der Waals surface area contributed by atoms with Gasteiger partial charge in [-0.15, -0.1) is 0 Å². The van der Waals surface area contributed by atoms with Crippen LogP contribution in [0.15, 0.2) is 48.5 Å². The summed E-state index contributed by atoms with van der Waals surface area (Å²) in [7, 11) is 1.90. The molecule has 0 aliphatic carbocycles. The van der Waals surface area contributed by atoms with Crippen LogP contribution in [0.1, 0.15) is 11.1 Å². The van der Waals surface area contributed by atoms with E-state index in [1.807, 2.05) is 25.2 Å². The molecule has 0 aliphatic heterocycles. The maximum Gasteiger partial charge on any atom is 0.123 e. The van der Waals surface area contributed by atoms with Gasteiger partial charge in [0, 0.05) is 6.04 Å². The van der Waals surface area contributed by atoms with E-state index in [1.165, 1.54) is 6.07 Å². The highest BCUT2D eigenvalue weighted by Gasteiger charge is 2.09. The van der Waals surface area contributed by atoms with Gasteiger partial charge in [-0.2, -0.15) is 0 Å². The van der Waals surface area contributed by atoms with Crippen molar-refractivity contribution in [2.24, 2.45) is 0 Å². The summed E-state index contributed by atoms with van der Waals surface area (Å²) in [6.07, 6.45) is 1.55. The second kappa shape index (κ2) is 6.34. The van der Waals surface area contributed by atoms with Crippen molar-refractivity contribution in [3.05, 3.63) is 65.5 Å². The van der Waals surface area contributed by atoms with Crippen LogP contribution >= 0.6 is 0 Å². The molecule has 0 aromatic heterocycles. The van der Waals surface area contributed by atoms with Crippen LogP contribution in [0.4, 0.5) is 4.39 Å². The van der Waals surface area contributed by atoms with Gasteiger partial charge in [-0.1, -0.05) is 24.3 Å². The Kier molecular flexibility index (Phi) is 4.53. The molecule has 0 fully saturated rings. The largest absolute Gasteiger partial charge is 0.508 e. The van der Waals surface area contributed by atoms with Crippen LogP contribution < -0.4 is 5.32 Å². The minimum absolute atomic E-state index is 0.204. The molecule has 2 aromatic carbocycles. The first kappa shape index (κ1) is 13.6. The first-order valence-corrected chi connectivity index (χ1v) is 6.37. The fourth-order valence-corrected chi connectivity index (χ4v) is 2.19. The second-order valence-corrected chi connectivity index (χ2v) is 4.69. The molecular weight excluding hydrogens is 241 g/mol. The summed E-state index contributed by atoms with van der Waals surface area (Å²) in [5, 5.41) is 12.7. The van der Waals surface area contributed by atoms with Crippen LogP contribution in [0.3, 0.4) is 0 Å². The summed E-state index contributed by atoms with van der Waals surface area (Å²) in [5.41, 5.74) is 2.04. The lowest BCUT2D eigenvalue weighted by atomic mass is 9.99. The van der Waals surface area contributed by atoms with E-state index in [2.05, 4.69) is 5.32 Å². The second-order valence-electron chi connectivity index (χ2n) is 4.69. The van der Waals surface area contributed by atoms with Gasteiger partial charge in [0.2, 0.25) is 0 Å². The number of aromatic hydroxyl groups is 1. The van der Waals surface area contributed by atoms with E-state index >= 15 is 0 Å². The quantitative estimate of drug-likeness (QED) is 0.865. The minimum atomic E-state index is -0.204. The van der Waals surface area contributed by atoms with E-state index in [1.54, 1.807) is 24.3 Å². The highest BCUT2D eigenvalue weighted by Crippen LogP contribution is 2.14. The Labute approximate surface area is 112 Å². The van der Waals surface area contributed by atoms with Crippen LogP contribution in [0.5, 0.6) is 5.75 Å². The maximum absolute atomic E-state index is 13.1. The number of likely N-dealkylation sites (N-methyl/N-ethyl adjacent to an activating group) is 1. The number of hydrogen-bond acceptors (Lipinski definition) is 2. The third-order valence-corrected chi connectivity index (χ3v) is 3.17. The van der Waals surface area contributed by atoms with Crippen molar-refractivity contribution in [1.82, 2.24) is 5.32 Å². The van der Waals surface area contributed by atoms with Gasteiger partial charge in [-0.25, -0.2) is 4.39 Å². The fourth-order valence-electron chi connectivity index (χ4n) is 2.19. The number of nitrogens with one attached hydrogen (secondary N) is 1. The zero-order valence-electron chi connectivity index (χ0n) is 10.9. The third kappa shape index (κ3) is 4.07. The van der Waals surface area contributed by atoms with Crippen molar-refractivity contribution in [3.63, 3.8) is 0 Å². The summed E-state index contributed by atoms with van der Waals surface area (Å²) >= 11 is 0. The van der Waals surface area contributed by atoms with Gasteiger partial charge in [0.1, 0.15) is 11.6 Å². The molecule has 1 atom stereocenters. The predicted molar refractivity (Wildman–Crippen MR) is 74.8 cm³/mol. The van der Waals surface area contributed by atoms with Gasteiger partial charge in [-0.3, -0.25) is 0 Å². The van der Waals surface area contributed by atoms with Crippen molar-refractivity contribution in [3.8, 4) is 5.75 Å². The van der Waals surface area contributed by atoms with Crippen LogP contribution in [-0.4, -0.2) is 18.2 Å². The molecule has 1 unspecified atom stereocenters. The standard InChI is InChI=1S/C16H18FNO/c1-18-15(9-12-4-2-6-14(17)8-12)10-13-5-3-7-16(19)11-13/h2-8,11,15,18-19H,9-10H2,1H3. The molecule has 2 rings (SSSR count). The van der Waals surface area contributed by atoms with Gasteiger partial charge in [0.15, 0.2) is 0 Å². The molecule has 0 saturated heterocycles. The molecule has 0 bridgehead atoms. The number of rotatable bonds is 5. The van der Waals surface area contributed by atoms with Crippen molar-refractivity contribution in [2.75, 3.05) is 7.05 Å². The van der Waals surface area contributed by atoms with Crippen LogP contribution in [-0.2, 0) is 12.8 Å². The highest BCUT2D eigenvalue weighted by atomic mass is 19.1. The Balaban J connectivity index is 2.04. The van der Waals surface area contributed by atoms with E-state index in [9.17, 15) is 9.50 Å². The highest BCUT2D eigenvalue weighted by molar-refractivity contribution is 5.28. The Morgan fingerprint density at radius 2 is 1.68 bits per heavy atom. The normalized spacial score (nSPS) is 12.3. The molecule has 2 nitrogen and oxygen atoms in total. The molecule has 0 spiro atoms. The van der Waals surface area contributed by atoms with E-state index in [-0.39, 0.29) is 17.6 Å². The lowest BCUT2D eigenvalue weighted by Crippen LogP contribution is -2.29. The third-order valence-electron chi connectivity index (χ3n) is 3.17. The van der Waals surface area contributed by atoms with E-state index in [0.717, 1.165) is 24.0 Å².